The number of nitrogens with one attached hydrogen (secondary N) is 2. The van der Waals surface area contributed by atoms with Crippen LogP contribution in [0.15, 0.2) is 36.5 Å². The second-order valence-electron chi connectivity index (χ2n) is 5.20. The highest BCUT2D eigenvalue weighted by molar-refractivity contribution is 5.56. The number of anilines is 2. The summed E-state index contributed by atoms with van der Waals surface area (Å²) in [5.41, 5.74) is -0.506. The molecule has 0 saturated carbocycles. The van der Waals surface area contributed by atoms with E-state index in [1.165, 1.54) is 24.3 Å². The van der Waals surface area contributed by atoms with E-state index in [1.807, 2.05) is 0 Å². The molecule has 1 heterocycles. The molecule has 0 fully saturated rings. The maximum atomic E-state index is 13.3. The van der Waals surface area contributed by atoms with Gasteiger partial charge in [-0.15, -0.1) is 0 Å². The Labute approximate surface area is 142 Å². The monoisotopic (exact) mass is 354 g/mol. The van der Waals surface area contributed by atoms with Gasteiger partial charge in [-0.05, 0) is 24.1 Å². The number of pyridine rings is 1. The lowest BCUT2D eigenvalue weighted by Crippen LogP contribution is -2.18. The van der Waals surface area contributed by atoms with Crippen LogP contribution in [-0.4, -0.2) is 23.0 Å². The van der Waals surface area contributed by atoms with Crippen molar-refractivity contribution in [3.63, 3.8) is 0 Å². The second-order valence-corrected chi connectivity index (χ2v) is 5.20. The summed E-state index contributed by atoms with van der Waals surface area (Å²) in [6, 6.07) is 7.19. The molecule has 25 heavy (non-hydrogen) atoms. The second kappa shape index (κ2) is 7.82. The minimum atomic E-state index is -4.43. The molecule has 2 rings (SSSR count). The fourth-order valence-corrected chi connectivity index (χ4v) is 2.36. The quantitative estimate of drug-likeness (QED) is 0.445. The number of rotatable bonds is 7. The van der Waals surface area contributed by atoms with Crippen LogP contribution in [0.4, 0.5) is 30.4 Å². The van der Waals surface area contributed by atoms with Gasteiger partial charge < -0.3 is 10.6 Å². The van der Waals surface area contributed by atoms with Gasteiger partial charge in [-0.2, -0.15) is 13.2 Å². The Hall–Kier alpha value is -2.84. The van der Waals surface area contributed by atoms with Crippen LogP contribution in [0.5, 0.6) is 0 Å². The van der Waals surface area contributed by atoms with Gasteiger partial charge in [0.25, 0.3) is 5.69 Å². The Morgan fingerprint density at radius 3 is 2.44 bits per heavy atom. The van der Waals surface area contributed by atoms with Crippen LogP contribution in [0, 0.1) is 10.1 Å². The maximum Gasteiger partial charge on any atom is 0.418 e. The van der Waals surface area contributed by atoms with Crippen molar-refractivity contribution in [1.82, 2.24) is 4.98 Å². The molecule has 0 bridgehead atoms. The number of benzene rings is 1. The van der Waals surface area contributed by atoms with Gasteiger partial charge in [0.1, 0.15) is 12.0 Å². The fraction of sp³-hybridized carbons (Fsp3) is 0.312. The summed E-state index contributed by atoms with van der Waals surface area (Å²) in [5, 5.41) is 16.2. The Kier molecular flexibility index (Phi) is 5.79. The number of aryl methyl sites for hydroxylation is 1. The summed E-state index contributed by atoms with van der Waals surface area (Å²) < 4.78 is 39.8. The first-order valence-corrected chi connectivity index (χ1v) is 7.60. The zero-order valence-electron chi connectivity index (χ0n) is 13.4. The lowest BCUT2D eigenvalue weighted by atomic mass is 10.0. The van der Waals surface area contributed by atoms with Crippen molar-refractivity contribution in [2.75, 3.05) is 23.7 Å². The molecular formula is C16H17F3N4O2. The van der Waals surface area contributed by atoms with Crippen molar-refractivity contribution < 1.29 is 18.1 Å². The number of hydrogen-bond donors (Lipinski definition) is 2. The first-order valence-electron chi connectivity index (χ1n) is 7.60. The molecule has 0 aliphatic rings. The molecule has 0 atom stereocenters. The molecule has 0 aliphatic carbocycles. The van der Waals surface area contributed by atoms with Crippen molar-refractivity contribution in [3.8, 4) is 0 Å². The summed E-state index contributed by atoms with van der Waals surface area (Å²) in [7, 11) is 0. The molecule has 1 aromatic heterocycles. The van der Waals surface area contributed by atoms with E-state index in [4.69, 9.17) is 0 Å². The largest absolute Gasteiger partial charge is 0.418 e. The minimum Gasteiger partial charge on any atom is -0.383 e. The molecule has 6 nitrogen and oxygen atoms in total. The Balaban J connectivity index is 1.97. The first-order chi connectivity index (χ1) is 11.8. The van der Waals surface area contributed by atoms with Crippen LogP contribution < -0.4 is 10.6 Å². The summed E-state index contributed by atoms with van der Waals surface area (Å²) in [6.45, 7) is 2.21. The van der Waals surface area contributed by atoms with E-state index < -0.39 is 16.7 Å². The summed E-state index contributed by atoms with van der Waals surface area (Å²) in [5.74, 6) is 0.408. The smallest absolute Gasteiger partial charge is 0.383 e. The van der Waals surface area contributed by atoms with Gasteiger partial charge in [0.05, 0.1) is 10.5 Å². The third-order valence-electron chi connectivity index (χ3n) is 3.52. The normalized spacial score (nSPS) is 11.2. The van der Waals surface area contributed by atoms with E-state index >= 15 is 0 Å². The van der Waals surface area contributed by atoms with Gasteiger partial charge in [-0.25, -0.2) is 4.98 Å². The molecule has 0 unspecified atom stereocenters. The van der Waals surface area contributed by atoms with Crippen molar-refractivity contribution in [1.29, 1.82) is 0 Å². The number of nitro groups is 1. The van der Waals surface area contributed by atoms with Crippen LogP contribution >= 0.6 is 0 Å². The average molecular weight is 354 g/mol. The zero-order chi connectivity index (χ0) is 18.4. The molecule has 0 spiro atoms. The zero-order valence-corrected chi connectivity index (χ0v) is 13.4. The Bertz CT molecular complexity index is 733. The van der Waals surface area contributed by atoms with E-state index in [0.717, 1.165) is 6.20 Å². The van der Waals surface area contributed by atoms with Crippen molar-refractivity contribution >= 4 is 17.2 Å². The number of alkyl halides is 3. The van der Waals surface area contributed by atoms with Crippen LogP contribution in [0.3, 0.4) is 0 Å². The molecule has 0 amide bonds. The van der Waals surface area contributed by atoms with E-state index in [1.54, 1.807) is 13.0 Å². The topological polar surface area (TPSA) is 80.1 Å². The Morgan fingerprint density at radius 1 is 1.16 bits per heavy atom. The van der Waals surface area contributed by atoms with Crippen molar-refractivity contribution in [2.45, 2.75) is 19.5 Å². The fourth-order valence-electron chi connectivity index (χ4n) is 2.36. The molecule has 0 saturated heterocycles. The standard InChI is InChI=1S/C16H17F3N4O2/c1-2-11-4-3-5-13(15(11)16(17,18)19)20-8-9-21-14-7-6-12(10-22-14)23(24)25/h3-7,10,20H,2,8-9H2,1H3,(H,21,22). The third kappa shape index (κ3) is 4.82. The highest BCUT2D eigenvalue weighted by Crippen LogP contribution is 2.37. The predicted octanol–water partition coefficient (Wildman–Crippen LogP) is 4.10. The number of hydrogen-bond acceptors (Lipinski definition) is 5. The summed E-state index contributed by atoms with van der Waals surface area (Å²) in [6.07, 6.45) is -3.03. The Morgan fingerprint density at radius 2 is 1.88 bits per heavy atom. The maximum absolute atomic E-state index is 13.3. The van der Waals surface area contributed by atoms with E-state index in [0.29, 0.717) is 12.4 Å². The molecule has 2 aromatic rings. The molecule has 9 heteroatoms. The summed E-state index contributed by atoms with van der Waals surface area (Å²) in [4.78, 5) is 13.8. The molecular weight excluding hydrogens is 337 g/mol. The molecule has 0 radical (unpaired) electrons. The van der Waals surface area contributed by atoms with Crippen molar-refractivity contribution in [2.24, 2.45) is 0 Å². The van der Waals surface area contributed by atoms with Crippen LogP contribution in [0.2, 0.25) is 0 Å². The van der Waals surface area contributed by atoms with E-state index in [9.17, 15) is 23.3 Å². The molecule has 0 aliphatic heterocycles. The van der Waals surface area contributed by atoms with Crippen molar-refractivity contribution in [3.05, 3.63) is 57.8 Å². The molecule has 134 valence electrons. The van der Waals surface area contributed by atoms with Crippen LogP contribution in [0.1, 0.15) is 18.1 Å². The SMILES string of the molecule is CCc1cccc(NCCNc2ccc([N+](=O)[O-])cn2)c1C(F)(F)F. The lowest BCUT2D eigenvalue weighted by Gasteiger charge is -2.18. The van der Waals surface area contributed by atoms with Gasteiger partial charge in [-0.1, -0.05) is 19.1 Å². The van der Waals surface area contributed by atoms with Crippen LogP contribution in [0.25, 0.3) is 0 Å². The highest BCUT2D eigenvalue weighted by Gasteiger charge is 2.35. The average Bonchev–Trinajstić information content (AvgIpc) is 2.57. The number of halogens is 3. The van der Waals surface area contributed by atoms with E-state index in [2.05, 4.69) is 15.6 Å². The van der Waals surface area contributed by atoms with Gasteiger partial charge in [0.15, 0.2) is 0 Å². The number of nitrogens with zero attached hydrogens (tertiary/aromatic N) is 2. The minimum absolute atomic E-state index is 0.0327. The van der Waals surface area contributed by atoms with Gasteiger partial charge >= 0.3 is 6.18 Å². The molecule has 2 N–H and O–H groups in total. The highest BCUT2D eigenvalue weighted by atomic mass is 19.4. The first kappa shape index (κ1) is 18.5. The van der Waals surface area contributed by atoms with Gasteiger partial charge in [0.2, 0.25) is 0 Å². The van der Waals surface area contributed by atoms with E-state index in [-0.39, 0.29) is 29.9 Å². The number of aromatic nitrogens is 1. The molecule has 1 aromatic carbocycles. The van der Waals surface area contributed by atoms with Crippen LogP contribution in [-0.2, 0) is 12.6 Å². The van der Waals surface area contributed by atoms with Gasteiger partial charge in [0, 0.05) is 24.8 Å². The van der Waals surface area contributed by atoms with Gasteiger partial charge in [-0.3, -0.25) is 10.1 Å². The predicted molar refractivity (Wildman–Crippen MR) is 88.7 cm³/mol. The summed E-state index contributed by atoms with van der Waals surface area (Å²) >= 11 is 0. The third-order valence-corrected chi connectivity index (χ3v) is 3.52. The lowest BCUT2D eigenvalue weighted by molar-refractivity contribution is -0.385.